The standard InChI is InChI=1S/C12H17BrS/c1-14-10-6-5-9-12(13)11-7-3-2-4-8-11/h2-4,7-8,12H,5-6,9-10H2,1H3. The topological polar surface area (TPSA) is 0 Å². The Labute approximate surface area is 99.6 Å². The Balaban J connectivity index is 2.25. The second-order valence-corrected chi connectivity index (χ2v) is 5.46. The summed E-state index contributed by atoms with van der Waals surface area (Å²) in [5.74, 6) is 1.29. The first-order chi connectivity index (χ1) is 6.84. The Morgan fingerprint density at radius 3 is 2.57 bits per heavy atom. The number of thioether (sulfide) groups is 1. The van der Waals surface area contributed by atoms with Crippen molar-refractivity contribution in [2.45, 2.75) is 24.1 Å². The molecule has 14 heavy (non-hydrogen) atoms. The van der Waals surface area contributed by atoms with Gasteiger partial charge in [-0.05, 0) is 30.4 Å². The molecule has 1 aromatic rings. The number of benzene rings is 1. The van der Waals surface area contributed by atoms with Gasteiger partial charge in [-0.25, -0.2) is 0 Å². The molecule has 2 heteroatoms. The maximum atomic E-state index is 3.73. The third-order valence-corrected chi connectivity index (χ3v) is 3.90. The number of hydrogen-bond acceptors (Lipinski definition) is 1. The summed E-state index contributed by atoms with van der Waals surface area (Å²) in [4.78, 5) is 0.533. The van der Waals surface area contributed by atoms with Crippen LogP contribution < -0.4 is 0 Å². The highest BCUT2D eigenvalue weighted by Gasteiger charge is 2.05. The van der Waals surface area contributed by atoms with E-state index >= 15 is 0 Å². The van der Waals surface area contributed by atoms with E-state index in [9.17, 15) is 0 Å². The second kappa shape index (κ2) is 7.36. The van der Waals surface area contributed by atoms with E-state index in [0.717, 1.165) is 0 Å². The molecular formula is C12H17BrS. The zero-order valence-corrected chi connectivity index (χ0v) is 11.0. The Hall–Kier alpha value is 0.0500. The summed E-state index contributed by atoms with van der Waals surface area (Å²) in [7, 11) is 0. The first kappa shape index (κ1) is 12.1. The summed E-state index contributed by atoms with van der Waals surface area (Å²) in [5, 5.41) is 0. The Morgan fingerprint density at radius 2 is 1.93 bits per heavy atom. The molecule has 0 aliphatic rings. The van der Waals surface area contributed by atoms with Crippen molar-refractivity contribution >= 4 is 27.7 Å². The Kier molecular flexibility index (Phi) is 6.37. The molecule has 0 aliphatic heterocycles. The fourth-order valence-corrected chi connectivity index (χ4v) is 2.52. The lowest BCUT2D eigenvalue weighted by atomic mass is 10.1. The van der Waals surface area contributed by atoms with Crippen LogP contribution in [0.2, 0.25) is 0 Å². The number of unbranched alkanes of at least 4 members (excludes halogenated alkanes) is 1. The van der Waals surface area contributed by atoms with Gasteiger partial charge in [-0.1, -0.05) is 52.7 Å². The predicted octanol–water partition coefficient (Wildman–Crippen LogP) is 4.66. The molecule has 0 radical (unpaired) electrons. The van der Waals surface area contributed by atoms with Gasteiger partial charge < -0.3 is 0 Å². The van der Waals surface area contributed by atoms with Gasteiger partial charge in [0.25, 0.3) is 0 Å². The molecule has 1 aromatic carbocycles. The van der Waals surface area contributed by atoms with Crippen LogP contribution in [0, 0.1) is 0 Å². The summed E-state index contributed by atoms with van der Waals surface area (Å²) < 4.78 is 0. The molecule has 1 rings (SSSR count). The lowest BCUT2D eigenvalue weighted by Gasteiger charge is -2.09. The molecule has 0 spiro atoms. The molecule has 0 heterocycles. The number of hydrogen-bond donors (Lipinski definition) is 0. The fourth-order valence-electron chi connectivity index (χ4n) is 1.40. The average molecular weight is 273 g/mol. The lowest BCUT2D eigenvalue weighted by Crippen LogP contribution is -1.90. The first-order valence-electron chi connectivity index (χ1n) is 5.02. The van der Waals surface area contributed by atoms with Crippen LogP contribution in [0.25, 0.3) is 0 Å². The number of halogens is 1. The van der Waals surface area contributed by atoms with Crippen molar-refractivity contribution < 1.29 is 0 Å². The van der Waals surface area contributed by atoms with Gasteiger partial charge in [0.15, 0.2) is 0 Å². The summed E-state index contributed by atoms with van der Waals surface area (Å²) >= 11 is 5.67. The molecule has 0 aromatic heterocycles. The highest BCUT2D eigenvalue weighted by Crippen LogP contribution is 2.27. The second-order valence-electron chi connectivity index (χ2n) is 3.37. The van der Waals surface area contributed by atoms with E-state index in [-0.39, 0.29) is 0 Å². The van der Waals surface area contributed by atoms with Crippen molar-refractivity contribution in [2.75, 3.05) is 12.0 Å². The Morgan fingerprint density at radius 1 is 1.21 bits per heavy atom. The summed E-state index contributed by atoms with van der Waals surface area (Å²) in [6, 6.07) is 10.6. The lowest BCUT2D eigenvalue weighted by molar-refractivity contribution is 0.718. The summed E-state index contributed by atoms with van der Waals surface area (Å²) in [5.41, 5.74) is 1.40. The van der Waals surface area contributed by atoms with E-state index in [0.29, 0.717) is 4.83 Å². The molecule has 0 saturated heterocycles. The highest BCUT2D eigenvalue weighted by molar-refractivity contribution is 9.09. The van der Waals surface area contributed by atoms with Gasteiger partial charge in [-0.2, -0.15) is 11.8 Å². The van der Waals surface area contributed by atoms with Crippen molar-refractivity contribution in [3.63, 3.8) is 0 Å². The molecule has 0 nitrogen and oxygen atoms in total. The number of alkyl halides is 1. The maximum Gasteiger partial charge on any atom is 0.0395 e. The number of rotatable bonds is 6. The van der Waals surface area contributed by atoms with Crippen LogP contribution in [0.5, 0.6) is 0 Å². The largest absolute Gasteiger partial charge is 0.165 e. The van der Waals surface area contributed by atoms with Gasteiger partial charge in [0.05, 0.1) is 0 Å². The van der Waals surface area contributed by atoms with Crippen molar-refractivity contribution in [3.05, 3.63) is 35.9 Å². The molecular weight excluding hydrogens is 256 g/mol. The van der Waals surface area contributed by atoms with Gasteiger partial charge >= 0.3 is 0 Å². The predicted molar refractivity (Wildman–Crippen MR) is 70.3 cm³/mol. The molecule has 0 fully saturated rings. The van der Waals surface area contributed by atoms with Crippen LogP contribution in [0.15, 0.2) is 30.3 Å². The van der Waals surface area contributed by atoms with E-state index in [1.165, 1.54) is 30.6 Å². The van der Waals surface area contributed by atoms with Crippen molar-refractivity contribution in [1.82, 2.24) is 0 Å². The SMILES string of the molecule is CSCCCCC(Br)c1ccccc1. The molecule has 0 N–H and O–H groups in total. The average Bonchev–Trinajstić information content (AvgIpc) is 2.25. The fraction of sp³-hybridized carbons (Fsp3) is 0.500. The molecule has 0 aliphatic carbocycles. The van der Waals surface area contributed by atoms with Gasteiger partial charge in [0.2, 0.25) is 0 Å². The molecule has 0 saturated carbocycles. The molecule has 0 amide bonds. The van der Waals surface area contributed by atoms with E-state index < -0.39 is 0 Å². The third-order valence-electron chi connectivity index (χ3n) is 2.22. The molecule has 78 valence electrons. The highest BCUT2D eigenvalue weighted by atomic mass is 79.9. The quantitative estimate of drug-likeness (QED) is 0.536. The van der Waals surface area contributed by atoms with Crippen LogP contribution >= 0.6 is 27.7 Å². The normalized spacial score (nSPS) is 12.7. The molecule has 0 bridgehead atoms. The summed E-state index contributed by atoms with van der Waals surface area (Å²) in [6.45, 7) is 0. The monoisotopic (exact) mass is 272 g/mol. The first-order valence-corrected chi connectivity index (χ1v) is 7.33. The zero-order valence-electron chi connectivity index (χ0n) is 8.58. The Bertz CT molecular complexity index is 235. The van der Waals surface area contributed by atoms with E-state index in [4.69, 9.17) is 0 Å². The van der Waals surface area contributed by atoms with Crippen molar-refractivity contribution in [1.29, 1.82) is 0 Å². The van der Waals surface area contributed by atoms with Crippen LogP contribution in [-0.2, 0) is 0 Å². The zero-order chi connectivity index (χ0) is 10.2. The van der Waals surface area contributed by atoms with Gasteiger partial charge in [0, 0.05) is 4.83 Å². The molecule has 1 unspecified atom stereocenters. The van der Waals surface area contributed by atoms with Crippen LogP contribution in [0.3, 0.4) is 0 Å². The minimum atomic E-state index is 0.533. The maximum absolute atomic E-state index is 3.73. The van der Waals surface area contributed by atoms with Crippen LogP contribution in [-0.4, -0.2) is 12.0 Å². The van der Waals surface area contributed by atoms with Crippen molar-refractivity contribution in [2.24, 2.45) is 0 Å². The van der Waals surface area contributed by atoms with E-state index in [1.54, 1.807) is 0 Å². The minimum absolute atomic E-state index is 0.533. The van der Waals surface area contributed by atoms with Gasteiger partial charge in [-0.3, -0.25) is 0 Å². The van der Waals surface area contributed by atoms with Crippen LogP contribution in [0.1, 0.15) is 29.7 Å². The van der Waals surface area contributed by atoms with E-state index in [1.807, 2.05) is 11.8 Å². The van der Waals surface area contributed by atoms with Crippen LogP contribution in [0.4, 0.5) is 0 Å². The third kappa shape index (κ3) is 4.52. The van der Waals surface area contributed by atoms with Gasteiger partial charge in [0.1, 0.15) is 0 Å². The summed E-state index contributed by atoms with van der Waals surface area (Å²) in [6.07, 6.45) is 6.05. The van der Waals surface area contributed by atoms with E-state index in [2.05, 4.69) is 52.5 Å². The minimum Gasteiger partial charge on any atom is -0.165 e. The van der Waals surface area contributed by atoms with Gasteiger partial charge in [-0.15, -0.1) is 0 Å². The van der Waals surface area contributed by atoms with Crippen molar-refractivity contribution in [3.8, 4) is 0 Å². The molecule has 1 atom stereocenters. The smallest absolute Gasteiger partial charge is 0.0395 e.